The molecule has 2 amide bonds. The van der Waals surface area contributed by atoms with Crippen LogP contribution in [0.1, 0.15) is 11.3 Å². The summed E-state index contributed by atoms with van der Waals surface area (Å²) in [6, 6.07) is 7.39. The number of urea groups is 1. The zero-order valence-electron chi connectivity index (χ0n) is 21.0. The summed E-state index contributed by atoms with van der Waals surface area (Å²) in [5.41, 5.74) is 8.04. The van der Waals surface area contributed by atoms with Crippen molar-refractivity contribution in [2.75, 3.05) is 29.5 Å². The van der Waals surface area contributed by atoms with Gasteiger partial charge >= 0.3 is 12.2 Å². The Morgan fingerprint density at radius 3 is 2.51 bits per heavy atom. The molecule has 0 bridgehead atoms. The summed E-state index contributed by atoms with van der Waals surface area (Å²) in [5, 5.41) is 21.4. The molecule has 11 nitrogen and oxygen atoms in total. The molecule has 0 atom stereocenters. The van der Waals surface area contributed by atoms with Gasteiger partial charge in [-0.1, -0.05) is 12.1 Å². The van der Waals surface area contributed by atoms with E-state index >= 15 is 0 Å². The molecule has 6 N–H and O–H groups in total. The fourth-order valence-corrected chi connectivity index (χ4v) is 4.35. The van der Waals surface area contributed by atoms with Crippen LogP contribution in [0, 0.1) is 5.82 Å². The van der Waals surface area contributed by atoms with E-state index in [9.17, 15) is 27.5 Å². The van der Waals surface area contributed by atoms with Crippen LogP contribution in [0.3, 0.4) is 0 Å². The van der Waals surface area contributed by atoms with E-state index in [0.29, 0.717) is 64.6 Å². The second kappa shape index (κ2) is 11.2. The van der Waals surface area contributed by atoms with E-state index in [0.717, 1.165) is 6.07 Å². The molecule has 3 heterocycles. The van der Waals surface area contributed by atoms with Crippen LogP contribution in [0.2, 0.25) is 0 Å². The Bertz CT molecular complexity index is 1690. The SMILES string of the molecule is Nc1ncnn2c(CNCCO)c(-c3cnco3)c(-c3ccc(NC(=O)Nc4cc(F)cc(C(F)(F)F)c4)cc3)c12. The lowest BCUT2D eigenvalue weighted by Gasteiger charge is -2.12. The van der Waals surface area contributed by atoms with Crippen molar-refractivity contribution in [1.82, 2.24) is 24.9 Å². The third kappa shape index (κ3) is 5.80. The van der Waals surface area contributed by atoms with E-state index < -0.39 is 23.6 Å². The molecule has 41 heavy (non-hydrogen) atoms. The molecule has 2 aromatic carbocycles. The van der Waals surface area contributed by atoms with Crippen LogP contribution < -0.4 is 21.7 Å². The number of carbonyl (C=O) groups excluding carboxylic acids is 1. The normalized spacial score (nSPS) is 11.6. The first-order valence-electron chi connectivity index (χ1n) is 12.1. The number of halogens is 4. The number of rotatable bonds is 8. The van der Waals surface area contributed by atoms with Crippen molar-refractivity contribution in [3.05, 3.63) is 78.5 Å². The van der Waals surface area contributed by atoms with E-state index in [2.05, 4.69) is 31.0 Å². The number of hydrogen-bond donors (Lipinski definition) is 5. The highest BCUT2D eigenvalue weighted by molar-refractivity contribution is 6.01. The van der Waals surface area contributed by atoms with Crippen molar-refractivity contribution in [3.8, 4) is 22.5 Å². The Morgan fingerprint density at radius 2 is 1.83 bits per heavy atom. The first-order valence-corrected chi connectivity index (χ1v) is 12.1. The first kappa shape index (κ1) is 27.5. The summed E-state index contributed by atoms with van der Waals surface area (Å²) in [6.07, 6.45) is -0.646. The number of hydrogen-bond acceptors (Lipinski definition) is 8. The van der Waals surface area contributed by atoms with Gasteiger partial charge in [-0.05, 0) is 35.9 Å². The Hall–Kier alpha value is -5.02. The van der Waals surface area contributed by atoms with E-state index in [1.165, 1.54) is 18.9 Å². The predicted octanol–water partition coefficient (Wildman–Crippen LogP) is 4.52. The van der Waals surface area contributed by atoms with Crippen molar-refractivity contribution in [3.63, 3.8) is 0 Å². The number of carbonyl (C=O) groups is 1. The molecule has 15 heteroatoms. The number of nitrogens with two attached hydrogens (primary N) is 1. The maximum Gasteiger partial charge on any atom is 0.416 e. The first-order chi connectivity index (χ1) is 19.7. The standard InChI is InChI=1S/C26H22F4N8O3/c27-16-7-15(26(28,29)30)8-18(9-16)37-25(40)36-17-3-1-14(2-4-17)21-22(20-11-33-13-41-20)19(10-32-5-6-39)38-23(21)24(31)34-12-35-38/h1-4,7-9,11-13,32,39H,5-6,10H2,(H2,31,34,35)(H2,36,37,40). The summed E-state index contributed by atoms with van der Waals surface area (Å²) >= 11 is 0. The van der Waals surface area contributed by atoms with E-state index in [-0.39, 0.29) is 18.1 Å². The number of nitrogens with one attached hydrogen (secondary N) is 3. The molecule has 5 rings (SSSR count). The number of amides is 2. The Labute approximate surface area is 229 Å². The topological polar surface area (TPSA) is 156 Å². The van der Waals surface area contributed by atoms with Gasteiger partial charge in [-0.15, -0.1) is 0 Å². The molecule has 0 saturated heterocycles. The largest absolute Gasteiger partial charge is 0.443 e. The predicted molar refractivity (Wildman–Crippen MR) is 141 cm³/mol. The molecule has 0 saturated carbocycles. The molecule has 3 aromatic heterocycles. The van der Waals surface area contributed by atoms with Crippen LogP contribution in [0.5, 0.6) is 0 Å². The smallest absolute Gasteiger partial charge is 0.416 e. The van der Waals surface area contributed by atoms with Crippen molar-refractivity contribution < 1.29 is 31.9 Å². The third-order valence-corrected chi connectivity index (χ3v) is 6.02. The van der Waals surface area contributed by atoms with Crippen molar-refractivity contribution in [2.45, 2.75) is 12.7 Å². The average molecular weight is 571 g/mol. The molecule has 0 aliphatic rings. The summed E-state index contributed by atoms with van der Waals surface area (Å²) in [6.45, 7) is 0.550. The number of nitrogen functional groups attached to an aromatic ring is 1. The van der Waals surface area contributed by atoms with E-state index in [1.54, 1.807) is 28.8 Å². The Morgan fingerprint density at radius 1 is 1.07 bits per heavy atom. The lowest BCUT2D eigenvalue weighted by atomic mass is 9.99. The summed E-state index contributed by atoms with van der Waals surface area (Å²) in [7, 11) is 0. The van der Waals surface area contributed by atoms with Crippen LogP contribution >= 0.6 is 0 Å². The van der Waals surface area contributed by atoms with Gasteiger partial charge in [0.05, 0.1) is 29.6 Å². The molecular formula is C26H22F4N8O3. The lowest BCUT2D eigenvalue weighted by molar-refractivity contribution is -0.137. The van der Waals surface area contributed by atoms with Crippen LogP contribution in [-0.2, 0) is 12.7 Å². The van der Waals surface area contributed by atoms with E-state index in [1.807, 2.05) is 0 Å². The third-order valence-electron chi connectivity index (χ3n) is 6.02. The van der Waals surface area contributed by atoms with Gasteiger partial charge in [0.2, 0.25) is 0 Å². The van der Waals surface area contributed by atoms with Crippen molar-refractivity contribution >= 4 is 28.7 Å². The number of alkyl halides is 3. The number of fused-ring (bicyclic) bond motifs is 1. The van der Waals surface area contributed by atoms with Crippen LogP contribution in [-0.4, -0.2) is 43.9 Å². The lowest BCUT2D eigenvalue weighted by Crippen LogP contribution is -2.20. The molecule has 5 aromatic rings. The number of anilines is 3. The number of nitrogens with zero attached hydrogens (tertiary/aromatic N) is 4. The molecule has 0 aliphatic heterocycles. The average Bonchev–Trinajstić information content (AvgIpc) is 3.56. The summed E-state index contributed by atoms with van der Waals surface area (Å²) in [4.78, 5) is 20.6. The summed E-state index contributed by atoms with van der Waals surface area (Å²) in [5.74, 6) is -0.518. The van der Waals surface area contributed by atoms with Gasteiger partial charge in [0.15, 0.2) is 18.0 Å². The van der Waals surface area contributed by atoms with Crippen LogP contribution in [0.4, 0.5) is 39.5 Å². The number of aliphatic hydroxyl groups is 1. The minimum absolute atomic E-state index is 0.0737. The molecule has 0 aliphatic carbocycles. The maximum atomic E-state index is 13.7. The minimum atomic E-state index is -4.78. The number of aromatic nitrogens is 4. The molecule has 0 fully saturated rings. The molecular weight excluding hydrogens is 548 g/mol. The zero-order valence-corrected chi connectivity index (χ0v) is 21.0. The molecule has 0 radical (unpaired) electrons. The Balaban J connectivity index is 1.46. The second-order valence-corrected chi connectivity index (χ2v) is 8.75. The highest BCUT2D eigenvalue weighted by atomic mass is 19.4. The number of oxazole rings is 1. The molecule has 0 unspecified atom stereocenters. The molecule has 0 spiro atoms. The fraction of sp³-hybridized carbons (Fsp3) is 0.154. The highest BCUT2D eigenvalue weighted by Crippen LogP contribution is 2.41. The fourth-order valence-electron chi connectivity index (χ4n) is 4.35. The number of aliphatic hydroxyl groups excluding tert-OH is 1. The Kier molecular flexibility index (Phi) is 7.54. The minimum Gasteiger partial charge on any atom is -0.443 e. The summed E-state index contributed by atoms with van der Waals surface area (Å²) < 4.78 is 59.9. The highest BCUT2D eigenvalue weighted by Gasteiger charge is 2.31. The second-order valence-electron chi connectivity index (χ2n) is 8.75. The zero-order chi connectivity index (χ0) is 29.1. The monoisotopic (exact) mass is 570 g/mol. The van der Waals surface area contributed by atoms with Gasteiger partial charge in [0, 0.05) is 30.0 Å². The molecule has 212 valence electrons. The maximum absolute atomic E-state index is 13.7. The van der Waals surface area contributed by atoms with E-state index in [4.69, 9.17) is 10.2 Å². The van der Waals surface area contributed by atoms with Crippen LogP contribution in [0.15, 0.2) is 65.8 Å². The van der Waals surface area contributed by atoms with Crippen LogP contribution in [0.25, 0.3) is 28.0 Å². The van der Waals surface area contributed by atoms with Gasteiger partial charge in [0.25, 0.3) is 0 Å². The van der Waals surface area contributed by atoms with Crippen molar-refractivity contribution in [1.29, 1.82) is 0 Å². The van der Waals surface area contributed by atoms with Gasteiger partial charge in [-0.3, -0.25) is 0 Å². The quantitative estimate of drug-likeness (QED) is 0.135. The van der Waals surface area contributed by atoms with Crippen molar-refractivity contribution in [2.24, 2.45) is 0 Å². The number of benzene rings is 2. The van der Waals surface area contributed by atoms with Gasteiger partial charge in [0.1, 0.15) is 17.7 Å². The van der Waals surface area contributed by atoms with Gasteiger partial charge < -0.3 is 31.2 Å². The van der Waals surface area contributed by atoms with Gasteiger partial charge in [-0.25, -0.2) is 23.7 Å². The van der Waals surface area contributed by atoms with Gasteiger partial charge in [-0.2, -0.15) is 18.3 Å².